The normalized spacial score (nSPS) is 19.1. The maximum Gasteiger partial charge on any atom is 0.410 e. The molecular formula is C16H24N2O2. The lowest BCUT2D eigenvalue weighted by Gasteiger charge is -2.33. The number of carbonyl (C=O) groups is 1. The maximum atomic E-state index is 12.1. The van der Waals surface area contributed by atoms with Gasteiger partial charge in [0.05, 0.1) is 0 Å². The summed E-state index contributed by atoms with van der Waals surface area (Å²) < 4.78 is 5.38. The van der Waals surface area contributed by atoms with Crippen molar-refractivity contribution in [2.24, 2.45) is 0 Å². The van der Waals surface area contributed by atoms with Gasteiger partial charge in [-0.15, -0.1) is 0 Å². The van der Waals surface area contributed by atoms with Crippen molar-refractivity contribution in [3.05, 3.63) is 35.9 Å². The van der Waals surface area contributed by atoms with Crippen molar-refractivity contribution in [1.82, 2.24) is 10.2 Å². The second-order valence-electron chi connectivity index (χ2n) is 5.65. The van der Waals surface area contributed by atoms with Gasteiger partial charge in [0.15, 0.2) is 0 Å². The number of rotatable bonds is 4. The lowest BCUT2D eigenvalue weighted by molar-refractivity contribution is 0.0825. The first-order chi connectivity index (χ1) is 9.65. The van der Waals surface area contributed by atoms with Crippen LogP contribution in [0, 0.1) is 0 Å². The fraction of sp³-hybridized carbons (Fsp3) is 0.562. The third-order valence-corrected chi connectivity index (χ3v) is 3.45. The minimum atomic E-state index is -0.205. The molecule has 1 saturated heterocycles. The van der Waals surface area contributed by atoms with E-state index >= 15 is 0 Å². The molecule has 1 fully saturated rings. The number of piperidine rings is 1. The molecule has 0 aliphatic carbocycles. The van der Waals surface area contributed by atoms with Gasteiger partial charge >= 0.3 is 6.09 Å². The number of benzene rings is 1. The zero-order chi connectivity index (χ0) is 14.4. The van der Waals surface area contributed by atoms with E-state index in [0.29, 0.717) is 18.7 Å². The van der Waals surface area contributed by atoms with Gasteiger partial charge in [-0.2, -0.15) is 0 Å². The Labute approximate surface area is 121 Å². The van der Waals surface area contributed by atoms with E-state index in [-0.39, 0.29) is 6.09 Å². The molecule has 0 saturated carbocycles. The van der Waals surface area contributed by atoms with Crippen LogP contribution in [0.1, 0.15) is 32.3 Å². The minimum Gasteiger partial charge on any atom is -0.445 e. The summed E-state index contributed by atoms with van der Waals surface area (Å²) in [6, 6.07) is 10.6. The van der Waals surface area contributed by atoms with Gasteiger partial charge in [-0.05, 0) is 18.4 Å². The average molecular weight is 276 g/mol. The fourth-order valence-electron chi connectivity index (χ4n) is 2.56. The van der Waals surface area contributed by atoms with E-state index < -0.39 is 0 Å². The van der Waals surface area contributed by atoms with Gasteiger partial charge in [-0.1, -0.05) is 44.2 Å². The Hall–Kier alpha value is -1.55. The summed E-state index contributed by atoms with van der Waals surface area (Å²) in [6.07, 6.45) is 1.95. The molecule has 1 aliphatic heterocycles. The number of nitrogens with zero attached hydrogens (tertiary/aromatic N) is 1. The number of nitrogens with one attached hydrogen (secondary N) is 1. The summed E-state index contributed by atoms with van der Waals surface area (Å²) in [5.74, 6) is 0. The summed E-state index contributed by atoms with van der Waals surface area (Å²) >= 11 is 0. The maximum absolute atomic E-state index is 12.1. The molecule has 0 spiro atoms. The lowest BCUT2D eigenvalue weighted by Crippen LogP contribution is -2.49. The van der Waals surface area contributed by atoms with Crippen molar-refractivity contribution in [2.45, 2.75) is 45.4 Å². The molecule has 1 aliphatic rings. The number of ether oxygens (including phenoxy) is 1. The molecule has 4 nitrogen and oxygen atoms in total. The lowest BCUT2D eigenvalue weighted by atomic mass is 10.1. The molecule has 0 aromatic heterocycles. The Morgan fingerprint density at radius 1 is 1.40 bits per heavy atom. The van der Waals surface area contributed by atoms with E-state index in [4.69, 9.17) is 4.74 Å². The summed E-state index contributed by atoms with van der Waals surface area (Å²) in [4.78, 5) is 13.9. The highest BCUT2D eigenvalue weighted by Crippen LogP contribution is 2.13. The Bertz CT molecular complexity index is 420. The number of hydrogen-bond acceptors (Lipinski definition) is 3. The third-order valence-electron chi connectivity index (χ3n) is 3.45. The van der Waals surface area contributed by atoms with E-state index in [1.54, 1.807) is 0 Å². The summed E-state index contributed by atoms with van der Waals surface area (Å²) in [6.45, 7) is 6.15. The van der Waals surface area contributed by atoms with Crippen LogP contribution in [0.3, 0.4) is 0 Å². The van der Waals surface area contributed by atoms with E-state index in [0.717, 1.165) is 31.5 Å². The van der Waals surface area contributed by atoms with E-state index in [2.05, 4.69) is 19.2 Å². The first kappa shape index (κ1) is 14.9. The van der Waals surface area contributed by atoms with Crippen LogP contribution in [0.15, 0.2) is 30.3 Å². The molecule has 1 heterocycles. The van der Waals surface area contributed by atoms with Gasteiger partial charge in [0, 0.05) is 25.2 Å². The quantitative estimate of drug-likeness (QED) is 0.919. The Morgan fingerprint density at radius 3 is 2.85 bits per heavy atom. The fourth-order valence-corrected chi connectivity index (χ4v) is 2.56. The van der Waals surface area contributed by atoms with Crippen LogP contribution in [-0.2, 0) is 11.3 Å². The topological polar surface area (TPSA) is 41.6 Å². The van der Waals surface area contributed by atoms with Crippen LogP contribution in [0.2, 0.25) is 0 Å². The Morgan fingerprint density at radius 2 is 2.15 bits per heavy atom. The molecule has 0 unspecified atom stereocenters. The van der Waals surface area contributed by atoms with Gasteiger partial charge in [0.1, 0.15) is 6.61 Å². The largest absolute Gasteiger partial charge is 0.445 e. The molecule has 1 amide bonds. The van der Waals surface area contributed by atoms with Crippen LogP contribution in [0.25, 0.3) is 0 Å². The average Bonchev–Trinajstić information content (AvgIpc) is 2.45. The molecule has 1 atom stereocenters. The SMILES string of the molecule is CC(C)N[C@@H]1CCCN(C(=O)OCc2ccccc2)C1. The van der Waals surface area contributed by atoms with Crippen LogP contribution in [0.4, 0.5) is 4.79 Å². The number of hydrogen-bond donors (Lipinski definition) is 1. The second kappa shape index (κ2) is 7.29. The van der Waals surface area contributed by atoms with Gasteiger partial charge in [-0.3, -0.25) is 0 Å². The summed E-state index contributed by atoms with van der Waals surface area (Å²) in [5, 5.41) is 3.49. The molecule has 1 aromatic carbocycles. The molecule has 110 valence electrons. The first-order valence-corrected chi connectivity index (χ1v) is 7.37. The zero-order valence-electron chi connectivity index (χ0n) is 12.3. The van der Waals surface area contributed by atoms with Crippen LogP contribution < -0.4 is 5.32 Å². The highest BCUT2D eigenvalue weighted by Gasteiger charge is 2.24. The summed E-state index contributed by atoms with van der Waals surface area (Å²) in [7, 11) is 0. The number of carbonyl (C=O) groups excluding carboxylic acids is 1. The standard InChI is InChI=1S/C16H24N2O2/c1-13(2)17-15-9-6-10-18(11-15)16(19)20-12-14-7-4-3-5-8-14/h3-5,7-8,13,15,17H,6,9-12H2,1-2H3/t15-/m1/s1. The highest BCUT2D eigenvalue weighted by atomic mass is 16.6. The summed E-state index contributed by atoms with van der Waals surface area (Å²) in [5.41, 5.74) is 1.02. The molecular weight excluding hydrogens is 252 g/mol. The monoisotopic (exact) mass is 276 g/mol. The first-order valence-electron chi connectivity index (χ1n) is 7.37. The van der Waals surface area contributed by atoms with E-state index in [1.807, 2.05) is 35.2 Å². The Balaban J connectivity index is 1.80. The zero-order valence-corrected chi connectivity index (χ0v) is 12.3. The molecule has 0 bridgehead atoms. The second-order valence-corrected chi connectivity index (χ2v) is 5.65. The van der Waals surface area contributed by atoms with Crippen LogP contribution in [-0.4, -0.2) is 36.2 Å². The predicted molar refractivity (Wildman–Crippen MR) is 79.5 cm³/mol. The predicted octanol–water partition coefficient (Wildman–Crippen LogP) is 2.79. The smallest absolute Gasteiger partial charge is 0.410 e. The van der Waals surface area contributed by atoms with Crippen molar-refractivity contribution in [1.29, 1.82) is 0 Å². The van der Waals surface area contributed by atoms with Gasteiger partial charge in [0.2, 0.25) is 0 Å². The van der Waals surface area contributed by atoms with Crippen molar-refractivity contribution < 1.29 is 9.53 Å². The molecule has 1 N–H and O–H groups in total. The van der Waals surface area contributed by atoms with E-state index in [1.165, 1.54) is 0 Å². The molecule has 20 heavy (non-hydrogen) atoms. The number of amides is 1. The third kappa shape index (κ3) is 4.53. The van der Waals surface area contributed by atoms with Crippen LogP contribution >= 0.6 is 0 Å². The van der Waals surface area contributed by atoms with Crippen molar-refractivity contribution in [3.8, 4) is 0 Å². The van der Waals surface area contributed by atoms with Gasteiger partial charge in [-0.25, -0.2) is 4.79 Å². The van der Waals surface area contributed by atoms with E-state index in [9.17, 15) is 4.79 Å². The molecule has 1 aromatic rings. The highest BCUT2D eigenvalue weighted by molar-refractivity contribution is 5.67. The molecule has 0 radical (unpaired) electrons. The van der Waals surface area contributed by atoms with Gasteiger partial charge < -0.3 is 15.0 Å². The van der Waals surface area contributed by atoms with Crippen molar-refractivity contribution in [2.75, 3.05) is 13.1 Å². The Kier molecular flexibility index (Phi) is 5.41. The minimum absolute atomic E-state index is 0.205. The van der Waals surface area contributed by atoms with Crippen molar-refractivity contribution in [3.63, 3.8) is 0 Å². The van der Waals surface area contributed by atoms with Crippen molar-refractivity contribution >= 4 is 6.09 Å². The molecule has 4 heteroatoms. The van der Waals surface area contributed by atoms with Crippen LogP contribution in [0.5, 0.6) is 0 Å². The molecule has 2 rings (SSSR count). The van der Waals surface area contributed by atoms with Gasteiger partial charge in [0.25, 0.3) is 0 Å². The number of likely N-dealkylation sites (tertiary alicyclic amines) is 1.